The van der Waals surface area contributed by atoms with Gasteiger partial charge in [0.15, 0.2) is 0 Å². The van der Waals surface area contributed by atoms with Crippen molar-refractivity contribution in [3.05, 3.63) is 32.8 Å². The third kappa shape index (κ3) is 2.13. The van der Waals surface area contributed by atoms with Gasteiger partial charge in [0.25, 0.3) is 0 Å². The van der Waals surface area contributed by atoms with Crippen LogP contribution in [0.25, 0.3) is 0 Å². The molecule has 1 aromatic rings. The lowest BCUT2D eigenvalue weighted by molar-refractivity contribution is -0.144. The molecule has 1 aromatic carbocycles. The number of carboxylic acids is 1. The quantitative estimate of drug-likeness (QED) is 0.880. The Bertz CT molecular complexity index is 447. The van der Waals surface area contributed by atoms with Crippen molar-refractivity contribution in [3.8, 4) is 0 Å². The molecule has 2 rings (SSSR count). The maximum Gasteiger partial charge on any atom is 0.328 e. The van der Waals surface area contributed by atoms with Gasteiger partial charge in [0.2, 0.25) is 0 Å². The summed E-state index contributed by atoms with van der Waals surface area (Å²) < 4.78 is 0. The average molecular weight is 295 g/mol. The summed E-state index contributed by atoms with van der Waals surface area (Å²) in [4.78, 5) is 11.5. The van der Waals surface area contributed by atoms with Crippen molar-refractivity contribution >= 4 is 40.8 Å². The Kier molecular flexibility index (Phi) is 3.55. The fourth-order valence-corrected chi connectivity index (χ4v) is 3.34. The van der Waals surface area contributed by atoms with Crippen molar-refractivity contribution in [3.63, 3.8) is 0 Å². The highest BCUT2D eigenvalue weighted by Gasteiger charge is 2.45. The first-order chi connectivity index (χ1) is 7.97. The summed E-state index contributed by atoms with van der Waals surface area (Å²) in [6.07, 6.45) is 1.23. The fraction of sp³-hybridized carbons (Fsp3) is 0.364. The van der Waals surface area contributed by atoms with Gasteiger partial charge in [0.05, 0.1) is 0 Å². The van der Waals surface area contributed by atoms with Crippen LogP contribution >= 0.6 is 34.8 Å². The van der Waals surface area contributed by atoms with Crippen molar-refractivity contribution in [1.82, 2.24) is 5.32 Å². The van der Waals surface area contributed by atoms with E-state index in [2.05, 4.69) is 5.32 Å². The third-order valence-electron chi connectivity index (χ3n) is 2.95. The van der Waals surface area contributed by atoms with E-state index in [1.807, 2.05) is 0 Å². The van der Waals surface area contributed by atoms with E-state index >= 15 is 0 Å². The lowest BCUT2D eigenvalue weighted by Crippen LogP contribution is -2.45. The summed E-state index contributed by atoms with van der Waals surface area (Å²) in [5.41, 5.74) is -0.797. The highest BCUT2D eigenvalue weighted by molar-refractivity contribution is 6.39. The zero-order valence-electron chi connectivity index (χ0n) is 8.77. The Morgan fingerprint density at radius 2 is 1.88 bits per heavy atom. The molecule has 1 fully saturated rings. The Morgan fingerprint density at radius 3 is 2.29 bits per heavy atom. The number of rotatable bonds is 2. The fourth-order valence-electron chi connectivity index (χ4n) is 2.20. The van der Waals surface area contributed by atoms with Gasteiger partial charge in [0, 0.05) is 20.6 Å². The summed E-state index contributed by atoms with van der Waals surface area (Å²) in [6.45, 7) is 0.627. The van der Waals surface area contributed by atoms with Crippen molar-refractivity contribution in [2.24, 2.45) is 0 Å². The molecule has 0 radical (unpaired) electrons. The van der Waals surface area contributed by atoms with Gasteiger partial charge in [-0.1, -0.05) is 34.8 Å². The normalized spacial score (nSPS) is 23.9. The van der Waals surface area contributed by atoms with Crippen LogP contribution in [0.4, 0.5) is 0 Å². The van der Waals surface area contributed by atoms with Crippen LogP contribution < -0.4 is 5.32 Å². The number of aliphatic carboxylic acids is 1. The van der Waals surface area contributed by atoms with Gasteiger partial charge in [-0.2, -0.15) is 0 Å². The SMILES string of the molecule is O=C(O)[C@]1(c2c(Cl)cc(Cl)cc2Cl)CCCN1. The van der Waals surface area contributed by atoms with Gasteiger partial charge in [-0.15, -0.1) is 0 Å². The largest absolute Gasteiger partial charge is 0.480 e. The standard InChI is InChI=1S/C11H10Cl3NO2/c12-6-4-7(13)9(8(14)5-6)11(10(16)17)2-1-3-15-11/h4-5,15H,1-3H2,(H,16,17)/t11-/m1/s1. The van der Waals surface area contributed by atoms with Crippen molar-refractivity contribution in [1.29, 1.82) is 0 Å². The van der Waals surface area contributed by atoms with E-state index < -0.39 is 11.5 Å². The predicted octanol–water partition coefficient (Wildman–Crippen LogP) is 3.31. The zero-order valence-corrected chi connectivity index (χ0v) is 11.0. The second-order valence-corrected chi connectivity index (χ2v) is 5.24. The van der Waals surface area contributed by atoms with Crippen molar-refractivity contribution in [2.75, 3.05) is 6.54 Å². The zero-order chi connectivity index (χ0) is 12.6. The Balaban J connectivity index is 2.62. The highest BCUT2D eigenvalue weighted by Crippen LogP contribution is 2.41. The smallest absolute Gasteiger partial charge is 0.328 e. The highest BCUT2D eigenvalue weighted by atomic mass is 35.5. The van der Waals surface area contributed by atoms with Crippen molar-refractivity contribution in [2.45, 2.75) is 18.4 Å². The van der Waals surface area contributed by atoms with Crippen LogP contribution in [0.3, 0.4) is 0 Å². The first-order valence-corrected chi connectivity index (χ1v) is 6.24. The van der Waals surface area contributed by atoms with E-state index in [1.54, 1.807) is 0 Å². The van der Waals surface area contributed by atoms with E-state index in [4.69, 9.17) is 34.8 Å². The van der Waals surface area contributed by atoms with Gasteiger partial charge >= 0.3 is 5.97 Å². The number of hydrogen-bond donors (Lipinski definition) is 2. The topological polar surface area (TPSA) is 49.3 Å². The Morgan fingerprint density at radius 1 is 1.29 bits per heavy atom. The molecule has 0 bridgehead atoms. The number of carbonyl (C=O) groups is 1. The summed E-state index contributed by atoms with van der Waals surface area (Å²) in [5.74, 6) is -0.971. The molecule has 1 saturated heterocycles. The molecule has 0 saturated carbocycles. The van der Waals surface area contributed by atoms with Crippen LogP contribution in [0.15, 0.2) is 12.1 Å². The molecule has 92 valence electrons. The minimum Gasteiger partial charge on any atom is -0.480 e. The molecular weight excluding hydrogens is 284 g/mol. The second-order valence-electron chi connectivity index (χ2n) is 3.99. The third-order valence-corrected chi connectivity index (χ3v) is 3.77. The van der Waals surface area contributed by atoms with Gasteiger partial charge < -0.3 is 5.11 Å². The van der Waals surface area contributed by atoms with Crippen LogP contribution in [-0.2, 0) is 10.3 Å². The molecule has 1 atom stereocenters. The number of hydrogen-bond acceptors (Lipinski definition) is 2. The molecule has 0 spiro atoms. The van der Waals surface area contributed by atoms with Crippen LogP contribution in [0.2, 0.25) is 15.1 Å². The van der Waals surface area contributed by atoms with E-state index in [0.717, 1.165) is 6.42 Å². The maximum absolute atomic E-state index is 11.5. The van der Waals surface area contributed by atoms with E-state index in [-0.39, 0.29) is 10.0 Å². The molecule has 0 amide bonds. The lowest BCUT2D eigenvalue weighted by Gasteiger charge is -2.27. The van der Waals surface area contributed by atoms with Crippen LogP contribution in [0.1, 0.15) is 18.4 Å². The predicted molar refractivity (Wildman–Crippen MR) is 68.0 cm³/mol. The van der Waals surface area contributed by atoms with Crippen molar-refractivity contribution < 1.29 is 9.90 Å². The van der Waals surface area contributed by atoms with Gasteiger partial charge in [-0.25, -0.2) is 4.79 Å². The summed E-state index contributed by atoms with van der Waals surface area (Å²) >= 11 is 18.0. The summed E-state index contributed by atoms with van der Waals surface area (Å²) in [7, 11) is 0. The van der Waals surface area contributed by atoms with Crippen LogP contribution in [0.5, 0.6) is 0 Å². The Hall–Kier alpha value is -0.480. The molecule has 1 heterocycles. The molecule has 6 heteroatoms. The molecule has 3 nitrogen and oxygen atoms in total. The lowest BCUT2D eigenvalue weighted by atomic mass is 9.88. The molecule has 1 aliphatic rings. The molecule has 0 unspecified atom stereocenters. The summed E-state index contributed by atoms with van der Waals surface area (Å²) in [5, 5.41) is 13.3. The Labute approximate surface area is 114 Å². The molecule has 2 N–H and O–H groups in total. The minimum atomic E-state index is -1.20. The summed E-state index contributed by atoms with van der Waals surface area (Å²) in [6, 6.07) is 3.02. The number of benzene rings is 1. The van der Waals surface area contributed by atoms with Crippen LogP contribution in [-0.4, -0.2) is 17.6 Å². The first-order valence-electron chi connectivity index (χ1n) is 5.11. The maximum atomic E-state index is 11.5. The van der Waals surface area contributed by atoms with E-state index in [0.29, 0.717) is 23.6 Å². The molecule has 17 heavy (non-hydrogen) atoms. The minimum absolute atomic E-state index is 0.277. The van der Waals surface area contributed by atoms with E-state index in [1.165, 1.54) is 12.1 Å². The number of carboxylic acid groups (broad SMARTS) is 1. The molecular formula is C11H10Cl3NO2. The molecule has 0 aromatic heterocycles. The van der Waals surface area contributed by atoms with Gasteiger partial charge in [-0.3, -0.25) is 5.32 Å². The molecule has 1 aliphatic heterocycles. The first kappa shape index (κ1) is 13.0. The molecule has 0 aliphatic carbocycles. The van der Waals surface area contributed by atoms with Crippen LogP contribution in [0, 0.1) is 0 Å². The number of halogens is 3. The van der Waals surface area contributed by atoms with Gasteiger partial charge in [-0.05, 0) is 31.5 Å². The van der Waals surface area contributed by atoms with E-state index in [9.17, 15) is 9.90 Å². The second kappa shape index (κ2) is 4.65. The monoisotopic (exact) mass is 293 g/mol. The van der Waals surface area contributed by atoms with Gasteiger partial charge in [0.1, 0.15) is 5.54 Å². The number of nitrogens with one attached hydrogen (secondary N) is 1. The average Bonchev–Trinajstić information content (AvgIpc) is 2.66.